The summed E-state index contributed by atoms with van der Waals surface area (Å²) in [6, 6.07) is 13.2. The molecule has 2 heterocycles. The van der Waals surface area contributed by atoms with E-state index in [1.807, 2.05) is 47.4 Å². The zero-order valence-electron chi connectivity index (χ0n) is 14.5. The first kappa shape index (κ1) is 17.4. The number of amides is 1. The first-order chi connectivity index (χ1) is 12.1. The molecule has 0 spiro atoms. The summed E-state index contributed by atoms with van der Waals surface area (Å²) in [5.74, 6) is 0.822. The summed E-state index contributed by atoms with van der Waals surface area (Å²) < 4.78 is 0. The minimum Gasteiger partial charge on any atom is -0.385 e. The molecule has 1 aromatic heterocycles. The number of aromatic nitrogens is 2. The summed E-state index contributed by atoms with van der Waals surface area (Å²) in [5.41, 5.74) is -0.394. The Labute approximate surface area is 148 Å². The number of anilines is 1. The fraction of sp³-hybridized carbons (Fsp3) is 0.421. The zero-order valence-corrected chi connectivity index (χ0v) is 14.5. The van der Waals surface area contributed by atoms with Crippen molar-refractivity contribution in [3.8, 4) is 0 Å². The molecule has 0 saturated carbocycles. The van der Waals surface area contributed by atoms with E-state index in [1.165, 1.54) is 0 Å². The molecular formula is C19H24N4O2. The zero-order chi connectivity index (χ0) is 17.7. The Kier molecular flexibility index (Phi) is 5.28. The highest BCUT2D eigenvalue weighted by Gasteiger charge is 2.29. The Hall–Kier alpha value is -2.47. The van der Waals surface area contributed by atoms with Crippen molar-refractivity contribution in [3.05, 3.63) is 54.2 Å². The van der Waals surface area contributed by atoms with Gasteiger partial charge in [-0.25, -0.2) is 0 Å². The molecule has 1 fully saturated rings. The Morgan fingerprint density at radius 2 is 1.92 bits per heavy atom. The highest BCUT2D eigenvalue weighted by molar-refractivity contribution is 5.77. The molecule has 1 aliphatic rings. The first-order valence-electron chi connectivity index (χ1n) is 8.64. The Balaban J connectivity index is 1.61. The lowest BCUT2D eigenvalue weighted by Crippen LogP contribution is -2.39. The smallest absolute Gasteiger partial charge is 0.225 e. The van der Waals surface area contributed by atoms with E-state index in [-0.39, 0.29) is 12.3 Å². The van der Waals surface area contributed by atoms with Gasteiger partial charge < -0.3 is 14.9 Å². The fourth-order valence-corrected chi connectivity index (χ4v) is 3.16. The number of nitrogens with zero attached hydrogens (tertiary/aromatic N) is 4. The lowest BCUT2D eigenvalue weighted by atomic mass is 9.92. The molecule has 1 unspecified atom stereocenters. The molecule has 0 radical (unpaired) electrons. The van der Waals surface area contributed by atoms with Gasteiger partial charge in [0.05, 0.1) is 12.0 Å². The number of carbonyl (C=O) groups excluding carboxylic acids is 1. The first-order valence-corrected chi connectivity index (χ1v) is 8.64. The van der Waals surface area contributed by atoms with Crippen LogP contribution in [0.4, 0.5) is 5.82 Å². The van der Waals surface area contributed by atoms with Crippen molar-refractivity contribution in [1.29, 1.82) is 0 Å². The predicted octanol–water partition coefficient (Wildman–Crippen LogP) is 1.81. The van der Waals surface area contributed by atoms with Crippen LogP contribution in [-0.2, 0) is 10.4 Å². The lowest BCUT2D eigenvalue weighted by molar-refractivity contribution is -0.136. The van der Waals surface area contributed by atoms with Crippen molar-refractivity contribution < 1.29 is 9.90 Å². The Morgan fingerprint density at radius 3 is 2.64 bits per heavy atom. The molecule has 1 amide bonds. The number of rotatable bonds is 4. The predicted molar refractivity (Wildman–Crippen MR) is 96.1 cm³/mol. The van der Waals surface area contributed by atoms with Crippen LogP contribution >= 0.6 is 0 Å². The number of benzene rings is 1. The van der Waals surface area contributed by atoms with Gasteiger partial charge in [0, 0.05) is 32.4 Å². The van der Waals surface area contributed by atoms with Gasteiger partial charge in [-0.2, -0.15) is 5.10 Å². The van der Waals surface area contributed by atoms with Gasteiger partial charge in [-0.1, -0.05) is 30.3 Å². The lowest BCUT2D eigenvalue weighted by Gasteiger charge is -2.28. The van der Waals surface area contributed by atoms with E-state index in [2.05, 4.69) is 15.1 Å². The Morgan fingerprint density at radius 1 is 1.12 bits per heavy atom. The van der Waals surface area contributed by atoms with Crippen LogP contribution in [0.25, 0.3) is 0 Å². The quantitative estimate of drug-likeness (QED) is 0.919. The van der Waals surface area contributed by atoms with Crippen molar-refractivity contribution in [2.75, 3.05) is 31.1 Å². The van der Waals surface area contributed by atoms with Gasteiger partial charge >= 0.3 is 0 Å². The van der Waals surface area contributed by atoms with E-state index in [9.17, 15) is 9.90 Å². The van der Waals surface area contributed by atoms with Gasteiger partial charge in [0.25, 0.3) is 0 Å². The number of hydrogen-bond donors (Lipinski definition) is 1. The van der Waals surface area contributed by atoms with Crippen molar-refractivity contribution >= 4 is 11.7 Å². The van der Waals surface area contributed by atoms with E-state index in [1.54, 1.807) is 13.1 Å². The maximum absolute atomic E-state index is 12.7. The van der Waals surface area contributed by atoms with E-state index >= 15 is 0 Å². The second-order valence-corrected chi connectivity index (χ2v) is 6.62. The van der Waals surface area contributed by atoms with Crippen molar-refractivity contribution in [3.63, 3.8) is 0 Å². The van der Waals surface area contributed by atoms with Crippen LogP contribution in [0.2, 0.25) is 0 Å². The van der Waals surface area contributed by atoms with Crippen LogP contribution in [0.3, 0.4) is 0 Å². The van der Waals surface area contributed by atoms with Crippen LogP contribution < -0.4 is 4.90 Å². The normalized spacial score (nSPS) is 17.7. The number of hydrogen-bond acceptors (Lipinski definition) is 5. The number of aliphatic hydroxyl groups is 1. The number of carbonyl (C=O) groups is 1. The van der Waals surface area contributed by atoms with Gasteiger partial charge in [0.2, 0.25) is 5.91 Å². The van der Waals surface area contributed by atoms with E-state index in [4.69, 9.17) is 0 Å². The van der Waals surface area contributed by atoms with Gasteiger partial charge in [-0.3, -0.25) is 4.79 Å². The summed E-state index contributed by atoms with van der Waals surface area (Å²) in [6.07, 6.45) is 2.61. The molecule has 1 atom stereocenters. The summed E-state index contributed by atoms with van der Waals surface area (Å²) >= 11 is 0. The average molecular weight is 340 g/mol. The minimum atomic E-state index is -1.16. The van der Waals surface area contributed by atoms with Crippen molar-refractivity contribution in [2.24, 2.45) is 0 Å². The van der Waals surface area contributed by atoms with Gasteiger partial charge in [-0.15, -0.1) is 5.10 Å². The van der Waals surface area contributed by atoms with Crippen molar-refractivity contribution in [2.45, 2.75) is 25.4 Å². The van der Waals surface area contributed by atoms with E-state index < -0.39 is 5.60 Å². The third-order valence-electron chi connectivity index (χ3n) is 4.62. The third kappa shape index (κ3) is 4.33. The molecule has 1 saturated heterocycles. The van der Waals surface area contributed by atoms with Crippen LogP contribution in [0.1, 0.15) is 25.3 Å². The standard InChI is InChI=1S/C19H24N4O2/c1-19(25,16-7-3-2-4-8-16)15-18(24)23-12-6-11-22(13-14-23)17-9-5-10-20-21-17/h2-5,7-10,25H,6,11-15H2,1H3. The topological polar surface area (TPSA) is 69.6 Å². The molecule has 0 bridgehead atoms. The molecule has 132 valence electrons. The van der Waals surface area contributed by atoms with Crippen LogP contribution in [-0.4, -0.2) is 52.3 Å². The molecule has 6 heteroatoms. The van der Waals surface area contributed by atoms with Gasteiger partial charge in [0.1, 0.15) is 0 Å². The van der Waals surface area contributed by atoms with Gasteiger partial charge in [-0.05, 0) is 31.0 Å². The summed E-state index contributed by atoms with van der Waals surface area (Å²) in [4.78, 5) is 16.7. The molecule has 1 aliphatic heterocycles. The second-order valence-electron chi connectivity index (χ2n) is 6.62. The molecule has 2 aromatic rings. The fourth-order valence-electron chi connectivity index (χ4n) is 3.16. The largest absolute Gasteiger partial charge is 0.385 e. The van der Waals surface area contributed by atoms with E-state index in [0.29, 0.717) is 13.1 Å². The van der Waals surface area contributed by atoms with Gasteiger partial charge in [0.15, 0.2) is 5.82 Å². The van der Waals surface area contributed by atoms with Crippen molar-refractivity contribution in [1.82, 2.24) is 15.1 Å². The molecule has 0 aliphatic carbocycles. The monoisotopic (exact) mass is 340 g/mol. The molecular weight excluding hydrogens is 316 g/mol. The highest BCUT2D eigenvalue weighted by atomic mass is 16.3. The van der Waals surface area contributed by atoms with Crippen LogP contribution in [0, 0.1) is 0 Å². The molecule has 25 heavy (non-hydrogen) atoms. The maximum Gasteiger partial charge on any atom is 0.225 e. The molecule has 3 rings (SSSR count). The highest BCUT2D eigenvalue weighted by Crippen LogP contribution is 2.25. The maximum atomic E-state index is 12.7. The SMILES string of the molecule is CC(O)(CC(=O)N1CCCN(c2cccnn2)CC1)c1ccccc1. The van der Waals surface area contributed by atoms with Crippen LogP contribution in [0.5, 0.6) is 0 Å². The molecule has 1 N–H and O–H groups in total. The van der Waals surface area contributed by atoms with Crippen LogP contribution in [0.15, 0.2) is 48.7 Å². The molecule has 1 aromatic carbocycles. The summed E-state index contributed by atoms with van der Waals surface area (Å²) in [7, 11) is 0. The average Bonchev–Trinajstić information content (AvgIpc) is 2.89. The summed E-state index contributed by atoms with van der Waals surface area (Å²) in [6.45, 7) is 4.58. The second kappa shape index (κ2) is 7.61. The Bertz CT molecular complexity index is 691. The molecule has 6 nitrogen and oxygen atoms in total. The summed E-state index contributed by atoms with van der Waals surface area (Å²) in [5, 5.41) is 18.8. The third-order valence-corrected chi connectivity index (χ3v) is 4.62. The van der Waals surface area contributed by atoms with E-state index in [0.717, 1.165) is 30.9 Å². The minimum absolute atomic E-state index is 0.0187.